The first-order valence-electron chi connectivity index (χ1n) is 7.61. The van der Waals surface area contributed by atoms with Gasteiger partial charge in [-0.3, -0.25) is 4.79 Å². The van der Waals surface area contributed by atoms with Gasteiger partial charge >= 0.3 is 0 Å². The largest absolute Gasteiger partial charge is 0.339 e. The second kappa shape index (κ2) is 6.44. The van der Waals surface area contributed by atoms with E-state index in [4.69, 9.17) is 4.52 Å². The molecular weight excluding hydrogens is 304 g/mol. The first kappa shape index (κ1) is 15.6. The molecule has 0 aliphatic carbocycles. The quantitative estimate of drug-likeness (QED) is 0.849. The third kappa shape index (κ3) is 3.38. The van der Waals surface area contributed by atoms with Gasteiger partial charge in [0.1, 0.15) is 11.6 Å². The van der Waals surface area contributed by atoms with Crippen LogP contribution in [0.5, 0.6) is 0 Å². The molecule has 2 aromatic rings. The van der Waals surface area contributed by atoms with E-state index in [0.29, 0.717) is 18.3 Å². The normalized spacial score (nSPS) is 18.0. The van der Waals surface area contributed by atoms with Crippen LogP contribution in [0.15, 0.2) is 22.7 Å². The number of carbonyl (C=O) groups excluding carboxylic acids is 1. The molecule has 5 nitrogen and oxygen atoms in total. The predicted molar refractivity (Wildman–Crippen MR) is 77.4 cm³/mol. The summed E-state index contributed by atoms with van der Waals surface area (Å²) in [4.78, 5) is 18.0. The summed E-state index contributed by atoms with van der Waals surface area (Å²) in [7, 11) is 0. The van der Waals surface area contributed by atoms with Gasteiger partial charge in [-0.15, -0.1) is 0 Å². The van der Waals surface area contributed by atoms with E-state index in [1.54, 1.807) is 0 Å². The smallest absolute Gasteiger partial charge is 0.232 e. The number of aromatic nitrogens is 2. The lowest BCUT2D eigenvalue weighted by Gasteiger charge is -2.16. The van der Waals surface area contributed by atoms with E-state index in [9.17, 15) is 13.6 Å². The highest BCUT2D eigenvalue weighted by Crippen LogP contribution is 2.28. The van der Waals surface area contributed by atoms with Gasteiger partial charge < -0.3 is 9.42 Å². The standard InChI is InChI=1S/C16H17F2N3O2/c1-2-3-14-19-16(23-20-14)11-6-15(22)21(9-11)8-10-4-5-12(17)7-13(10)18/h4-5,7,11H,2-3,6,8-9H2,1H3. The van der Waals surface area contributed by atoms with Gasteiger partial charge in [0.25, 0.3) is 0 Å². The Balaban J connectivity index is 1.69. The average molecular weight is 321 g/mol. The summed E-state index contributed by atoms with van der Waals surface area (Å²) in [5.41, 5.74) is 0.289. The van der Waals surface area contributed by atoms with Crippen molar-refractivity contribution in [3.63, 3.8) is 0 Å². The maximum atomic E-state index is 13.7. The number of benzene rings is 1. The number of aryl methyl sites for hydroxylation is 1. The van der Waals surface area contributed by atoms with Crippen LogP contribution in [0, 0.1) is 11.6 Å². The van der Waals surface area contributed by atoms with Gasteiger partial charge in [-0.25, -0.2) is 8.78 Å². The van der Waals surface area contributed by atoms with Crippen molar-refractivity contribution in [1.29, 1.82) is 0 Å². The van der Waals surface area contributed by atoms with Crippen molar-refractivity contribution >= 4 is 5.91 Å². The van der Waals surface area contributed by atoms with Gasteiger partial charge in [-0.05, 0) is 12.5 Å². The Bertz CT molecular complexity index is 717. The lowest BCUT2D eigenvalue weighted by molar-refractivity contribution is -0.128. The Kier molecular flexibility index (Phi) is 4.36. The van der Waals surface area contributed by atoms with E-state index in [1.807, 2.05) is 6.92 Å². The van der Waals surface area contributed by atoms with Crippen LogP contribution >= 0.6 is 0 Å². The molecule has 3 rings (SSSR count). The molecule has 0 N–H and O–H groups in total. The second-order valence-corrected chi connectivity index (χ2v) is 5.71. The molecule has 2 heterocycles. The number of likely N-dealkylation sites (tertiary alicyclic amines) is 1. The van der Waals surface area contributed by atoms with E-state index in [0.717, 1.165) is 18.9 Å². The maximum absolute atomic E-state index is 13.7. The summed E-state index contributed by atoms with van der Waals surface area (Å²) in [5.74, 6) is -0.476. The van der Waals surface area contributed by atoms with Gasteiger partial charge in [0.05, 0.1) is 5.92 Å². The van der Waals surface area contributed by atoms with Crippen LogP contribution in [-0.4, -0.2) is 27.5 Å². The molecule has 1 aromatic heterocycles. The van der Waals surface area contributed by atoms with Crippen molar-refractivity contribution < 1.29 is 18.1 Å². The molecule has 122 valence electrons. The van der Waals surface area contributed by atoms with Crippen molar-refractivity contribution in [2.45, 2.75) is 38.6 Å². The minimum absolute atomic E-state index is 0.103. The lowest BCUT2D eigenvalue weighted by atomic mass is 10.1. The fourth-order valence-electron chi connectivity index (χ4n) is 2.70. The van der Waals surface area contributed by atoms with Crippen LogP contribution in [0.25, 0.3) is 0 Å². The lowest BCUT2D eigenvalue weighted by Crippen LogP contribution is -2.25. The Morgan fingerprint density at radius 3 is 2.96 bits per heavy atom. The van der Waals surface area contributed by atoms with Gasteiger partial charge in [0.15, 0.2) is 5.82 Å². The first-order chi connectivity index (χ1) is 11.1. The number of nitrogens with zero attached hydrogens (tertiary/aromatic N) is 3. The Labute approximate surface area is 132 Å². The van der Waals surface area contributed by atoms with Crippen LogP contribution < -0.4 is 0 Å². The predicted octanol–water partition coefficient (Wildman–Crippen LogP) is 2.82. The van der Waals surface area contributed by atoms with Crippen LogP contribution in [0.1, 0.15) is 43.0 Å². The summed E-state index contributed by atoms with van der Waals surface area (Å²) in [6.45, 7) is 2.52. The number of hydrogen-bond acceptors (Lipinski definition) is 4. The summed E-state index contributed by atoms with van der Waals surface area (Å²) in [6.07, 6.45) is 1.91. The monoisotopic (exact) mass is 321 g/mol. The third-order valence-corrected chi connectivity index (χ3v) is 3.90. The Hall–Kier alpha value is -2.31. The highest BCUT2D eigenvalue weighted by atomic mass is 19.1. The van der Waals surface area contributed by atoms with E-state index in [-0.39, 0.29) is 30.4 Å². The molecule has 1 atom stereocenters. The van der Waals surface area contributed by atoms with Crippen molar-refractivity contribution in [2.75, 3.05) is 6.54 Å². The number of halogens is 2. The zero-order chi connectivity index (χ0) is 16.4. The molecule has 23 heavy (non-hydrogen) atoms. The van der Waals surface area contributed by atoms with Gasteiger partial charge in [0.2, 0.25) is 11.8 Å². The van der Waals surface area contributed by atoms with Crippen LogP contribution in [0.4, 0.5) is 8.78 Å². The fourth-order valence-corrected chi connectivity index (χ4v) is 2.70. The topological polar surface area (TPSA) is 59.2 Å². The molecule has 0 bridgehead atoms. The molecule has 1 aliphatic heterocycles. The fraction of sp³-hybridized carbons (Fsp3) is 0.438. The zero-order valence-corrected chi connectivity index (χ0v) is 12.8. The van der Waals surface area contributed by atoms with Crippen LogP contribution in [0.2, 0.25) is 0 Å². The molecule has 7 heteroatoms. The van der Waals surface area contributed by atoms with E-state index >= 15 is 0 Å². The van der Waals surface area contributed by atoms with Gasteiger partial charge in [-0.1, -0.05) is 18.1 Å². The van der Waals surface area contributed by atoms with E-state index in [1.165, 1.54) is 17.0 Å². The molecule has 0 radical (unpaired) electrons. The molecule has 1 saturated heterocycles. The Morgan fingerprint density at radius 1 is 1.39 bits per heavy atom. The number of carbonyl (C=O) groups is 1. The zero-order valence-electron chi connectivity index (χ0n) is 12.8. The van der Waals surface area contributed by atoms with Gasteiger partial charge in [-0.2, -0.15) is 4.98 Å². The summed E-state index contributed by atoms with van der Waals surface area (Å²) in [6, 6.07) is 3.37. The minimum Gasteiger partial charge on any atom is -0.339 e. The van der Waals surface area contributed by atoms with Crippen molar-refractivity contribution in [2.24, 2.45) is 0 Å². The number of amides is 1. The molecule has 1 aromatic carbocycles. The van der Waals surface area contributed by atoms with E-state index < -0.39 is 11.6 Å². The SMILES string of the molecule is CCCc1noc(C2CC(=O)N(Cc3ccc(F)cc3F)C2)n1. The highest BCUT2D eigenvalue weighted by Gasteiger charge is 2.34. The highest BCUT2D eigenvalue weighted by molar-refractivity contribution is 5.79. The molecular formula is C16H17F2N3O2. The average Bonchev–Trinajstić information content (AvgIpc) is 3.10. The summed E-state index contributed by atoms with van der Waals surface area (Å²) < 4.78 is 31.9. The molecule has 0 spiro atoms. The van der Waals surface area contributed by atoms with Crippen LogP contribution in [0.3, 0.4) is 0 Å². The molecule has 1 unspecified atom stereocenters. The minimum atomic E-state index is -0.649. The second-order valence-electron chi connectivity index (χ2n) is 5.71. The summed E-state index contributed by atoms with van der Waals surface area (Å²) >= 11 is 0. The first-order valence-corrected chi connectivity index (χ1v) is 7.61. The molecule has 1 aliphatic rings. The van der Waals surface area contributed by atoms with Crippen molar-refractivity contribution in [3.8, 4) is 0 Å². The molecule has 1 fully saturated rings. The number of rotatable bonds is 5. The Morgan fingerprint density at radius 2 is 2.22 bits per heavy atom. The number of hydrogen-bond donors (Lipinski definition) is 0. The molecule has 1 amide bonds. The van der Waals surface area contributed by atoms with Crippen molar-refractivity contribution in [1.82, 2.24) is 15.0 Å². The van der Waals surface area contributed by atoms with E-state index in [2.05, 4.69) is 10.1 Å². The third-order valence-electron chi connectivity index (χ3n) is 3.90. The van der Waals surface area contributed by atoms with Gasteiger partial charge in [0, 0.05) is 37.6 Å². The summed E-state index contributed by atoms with van der Waals surface area (Å²) in [5, 5.41) is 3.89. The van der Waals surface area contributed by atoms with Crippen LogP contribution in [-0.2, 0) is 17.8 Å². The molecule has 0 saturated carbocycles. The maximum Gasteiger partial charge on any atom is 0.232 e. The van der Waals surface area contributed by atoms with Crippen molar-refractivity contribution in [3.05, 3.63) is 47.1 Å².